The van der Waals surface area contributed by atoms with E-state index in [0.29, 0.717) is 11.3 Å². The Hall–Kier alpha value is -0.830. The zero-order valence-electron chi connectivity index (χ0n) is 6.93. The minimum atomic E-state index is 0.567. The van der Waals surface area contributed by atoms with E-state index in [0.717, 1.165) is 16.3 Å². The standard InChI is InChI=1S/C9H9BrO2/c1-6-3-4-8(12-2)7(5-11)9(6)10/h3-5H,1-2H3. The molecule has 0 aliphatic heterocycles. The Kier molecular flexibility index (Phi) is 2.87. The van der Waals surface area contributed by atoms with Gasteiger partial charge in [0.05, 0.1) is 12.7 Å². The molecule has 64 valence electrons. The van der Waals surface area contributed by atoms with Crippen molar-refractivity contribution in [1.82, 2.24) is 0 Å². The fraction of sp³-hybridized carbons (Fsp3) is 0.222. The van der Waals surface area contributed by atoms with Crippen LogP contribution in [0.5, 0.6) is 5.75 Å². The first-order valence-electron chi connectivity index (χ1n) is 3.49. The van der Waals surface area contributed by atoms with E-state index in [9.17, 15) is 4.79 Å². The molecule has 0 aromatic heterocycles. The van der Waals surface area contributed by atoms with Crippen LogP contribution >= 0.6 is 15.9 Å². The van der Waals surface area contributed by atoms with Crippen LogP contribution in [-0.2, 0) is 0 Å². The Morgan fingerprint density at radius 1 is 1.50 bits per heavy atom. The van der Waals surface area contributed by atoms with E-state index >= 15 is 0 Å². The zero-order chi connectivity index (χ0) is 9.14. The average Bonchev–Trinajstić information content (AvgIpc) is 2.09. The molecular formula is C9H9BrO2. The van der Waals surface area contributed by atoms with Gasteiger partial charge in [-0.05, 0) is 34.5 Å². The molecule has 0 spiro atoms. The molecule has 1 aromatic carbocycles. The van der Waals surface area contributed by atoms with Crippen molar-refractivity contribution in [1.29, 1.82) is 0 Å². The summed E-state index contributed by atoms with van der Waals surface area (Å²) in [5.74, 6) is 0.600. The first kappa shape index (κ1) is 9.26. The van der Waals surface area contributed by atoms with Crippen LogP contribution in [0.2, 0.25) is 0 Å². The molecule has 0 fully saturated rings. The fourth-order valence-electron chi connectivity index (χ4n) is 0.972. The zero-order valence-corrected chi connectivity index (χ0v) is 8.51. The average molecular weight is 229 g/mol. The molecule has 0 aliphatic rings. The molecule has 1 rings (SSSR count). The summed E-state index contributed by atoms with van der Waals surface area (Å²) in [6.45, 7) is 1.93. The van der Waals surface area contributed by atoms with Crippen LogP contribution in [-0.4, -0.2) is 13.4 Å². The van der Waals surface area contributed by atoms with Crippen molar-refractivity contribution < 1.29 is 9.53 Å². The summed E-state index contributed by atoms with van der Waals surface area (Å²) in [7, 11) is 1.55. The molecule has 0 bridgehead atoms. The number of rotatable bonds is 2. The van der Waals surface area contributed by atoms with Gasteiger partial charge in [0.25, 0.3) is 0 Å². The van der Waals surface area contributed by atoms with Gasteiger partial charge in [0.1, 0.15) is 5.75 Å². The number of benzene rings is 1. The number of halogens is 1. The Labute approximate surface area is 79.7 Å². The van der Waals surface area contributed by atoms with Gasteiger partial charge >= 0.3 is 0 Å². The smallest absolute Gasteiger partial charge is 0.154 e. The largest absolute Gasteiger partial charge is 0.496 e. The Morgan fingerprint density at radius 2 is 2.17 bits per heavy atom. The summed E-state index contributed by atoms with van der Waals surface area (Å²) in [5.41, 5.74) is 1.59. The number of aldehydes is 1. The molecule has 0 heterocycles. The second-order valence-electron chi connectivity index (χ2n) is 2.43. The Balaban J connectivity index is 3.35. The maximum absolute atomic E-state index is 10.6. The van der Waals surface area contributed by atoms with Crippen LogP contribution in [0.3, 0.4) is 0 Å². The maximum atomic E-state index is 10.6. The molecule has 0 amide bonds. The van der Waals surface area contributed by atoms with Crippen molar-refractivity contribution in [2.45, 2.75) is 6.92 Å². The van der Waals surface area contributed by atoms with E-state index in [-0.39, 0.29) is 0 Å². The van der Waals surface area contributed by atoms with E-state index in [4.69, 9.17) is 4.74 Å². The highest BCUT2D eigenvalue weighted by molar-refractivity contribution is 9.10. The van der Waals surface area contributed by atoms with Crippen molar-refractivity contribution in [2.75, 3.05) is 7.11 Å². The van der Waals surface area contributed by atoms with Crippen LogP contribution in [0.15, 0.2) is 16.6 Å². The summed E-state index contributed by atoms with van der Waals surface area (Å²) in [4.78, 5) is 10.6. The molecule has 0 unspecified atom stereocenters. The fourth-order valence-corrected chi connectivity index (χ4v) is 1.39. The third-order valence-electron chi connectivity index (χ3n) is 1.67. The highest BCUT2D eigenvalue weighted by Gasteiger charge is 2.07. The lowest BCUT2D eigenvalue weighted by Crippen LogP contribution is -1.93. The van der Waals surface area contributed by atoms with Gasteiger partial charge < -0.3 is 4.74 Å². The molecule has 0 saturated heterocycles. The number of carbonyl (C=O) groups excluding carboxylic acids is 1. The predicted molar refractivity (Wildman–Crippen MR) is 50.8 cm³/mol. The molecule has 3 heteroatoms. The number of hydrogen-bond donors (Lipinski definition) is 0. The molecular weight excluding hydrogens is 220 g/mol. The SMILES string of the molecule is COc1ccc(C)c(Br)c1C=O. The van der Waals surface area contributed by atoms with Crippen LogP contribution < -0.4 is 4.74 Å². The Morgan fingerprint density at radius 3 is 2.67 bits per heavy atom. The van der Waals surface area contributed by atoms with E-state index in [1.165, 1.54) is 0 Å². The lowest BCUT2D eigenvalue weighted by molar-refractivity contribution is 0.112. The van der Waals surface area contributed by atoms with Crippen LogP contribution in [0.1, 0.15) is 15.9 Å². The molecule has 2 nitrogen and oxygen atoms in total. The van der Waals surface area contributed by atoms with Gasteiger partial charge in [-0.2, -0.15) is 0 Å². The molecule has 0 N–H and O–H groups in total. The summed E-state index contributed by atoms with van der Waals surface area (Å²) in [6.07, 6.45) is 0.788. The highest BCUT2D eigenvalue weighted by atomic mass is 79.9. The van der Waals surface area contributed by atoms with E-state index in [1.54, 1.807) is 13.2 Å². The van der Waals surface area contributed by atoms with E-state index in [1.807, 2.05) is 13.0 Å². The summed E-state index contributed by atoms with van der Waals surface area (Å²) < 4.78 is 5.81. The number of carbonyl (C=O) groups is 1. The van der Waals surface area contributed by atoms with Gasteiger partial charge in [0.2, 0.25) is 0 Å². The van der Waals surface area contributed by atoms with Crippen molar-refractivity contribution in [3.63, 3.8) is 0 Å². The normalized spacial score (nSPS) is 9.58. The molecule has 1 aromatic rings. The number of hydrogen-bond acceptors (Lipinski definition) is 2. The van der Waals surface area contributed by atoms with Gasteiger partial charge in [-0.1, -0.05) is 6.07 Å². The number of ether oxygens (including phenoxy) is 1. The lowest BCUT2D eigenvalue weighted by atomic mass is 10.1. The summed E-state index contributed by atoms with van der Waals surface area (Å²) in [6, 6.07) is 3.68. The van der Waals surface area contributed by atoms with Gasteiger partial charge in [0, 0.05) is 4.47 Å². The van der Waals surface area contributed by atoms with Crippen molar-refractivity contribution >= 4 is 22.2 Å². The van der Waals surface area contributed by atoms with E-state index in [2.05, 4.69) is 15.9 Å². The molecule has 0 atom stereocenters. The van der Waals surface area contributed by atoms with Crippen LogP contribution in [0, 0.1) is 6.92 Å². The van der Waals surface area contributed by atoms with Gasteiger partial charge in [-0.25, -0.2) is 0 Å². The minimum absolute atomic E-state index is 0.567. The highest BCUT2D eigenvalue weighted by Crippen LogP contribution is 2.27. The van der Waals surface area contributed by atoms with Crippen molar-refractivity contribution in [2.24, 2.45) is 0 Å². The number of methoxy groups -OCH3 is 1. The third kappa shape index (κ3) is 1.50. The van der Waals surface area contributed by atoms with Crippen molar-refractivity contribution in [3.05, 3.63) is 27.7 Å². The van der Waals surface area contributed by atoms with Crippen LogP contribution in [0.25, 0.3) is 0 Å². The summed E-state index contributed by atoms with van der Waals surface area (Å²) in [5, 5.41) is 0. The first-order valence-corrected chi connectivity index (χ1v) is 4.28. The molecule has 0 aliphatic carbocycles. The number of aryl methyl sites for hydroxylation is 1. The monoisotopic (exact) mass is 228 g/mol. The molecule has 0 saturated carbocycles. The minimum Gasteiger partial charge on any atom is -0.496 e. The third-order valence-corrected chi connectivity index (χ3v) is 2.72. The second kappa shape index (κ2) is 3.72. The van der Waals surface area contributed by atoms with Gasteiger partial charge in [-0.15, -0.1) is 0 Å². The lowest BCUT2D eigenvalue weighted by Gasteiger charge is -2.06. The predicted octanol–water partition coefficient (Wildman–Crippen LogP) is 2.58. The Bertz CT molecular complexity index is 308. The quantitative estimate of drug-likeness (QED) is 0.728. The van der Waals surface area contributed by atoms with Gasteiger partial charge in [-0.3, -0.25) is 4.79 Å². The first-order chi connectivity index (χ1) is 5.70. The molecule has 0 radical (unpaired) electrons. The maximum Gasteiger partial charge on any atom is 0.154 e. The van der Waals surface area contributed by atoms with E-state index < -0.39 is 0 Å². The second-order valence-corrected chi connectivity index (χ2v) is 3.22. The van der Waals surface area contributed by atoms with Crippen molar-refractivity contribution in [3.8, 4) is 5.75 Å². The van der Waals surface area contributed by atoms with Gasteiger partial charge in [0.15, 0.2) is 6.29 Å². The topological polar surface area (TPSA) is 26.3 Å². The van der Waals surface area contributed by atoms with Crippen LogP contribution in [0.4, 0.5) is 0 Å². The molecule has 12 heavy (non-hydrogen) atoms. The summed E-state index contributed by atoms with van der Waals surface area (Å²) >= 11 is 3.32.